The molecule has 61 heavy (non-hydrogen) atoms. The van der Waals surface area contributed by atoms with Crippen LogP contribution in [0.5, 0.6) is 0 Å². The first-order valence-corrected chi connectivity index (χ1v) is 26.0. The molecule has 1 aliphatic rings. The van der Waals surface area contributed by atoms with Gasteiger partial charge in [0.25, 0.3) is 0 Å². The summed E-state index contributed by atoms with van der Waals surface area (Å²) in [5.41, 5.74) is 0. The Labute approximate surface area is 375 Å². The first-order chi connectivity index (χ1) is 29.8. The predicted molar refractivity (Wildman–Crippen MR) is 253 cm³/mol. The van der Waals surface area contributed by atoms with Crippen LogP contribution in [0.2, 0.25) is 0 Å². The highest BCUT2D eigenvalue weighted by Gasteiger charge is 2.44. The summed E-state index contributed by atoms with van der Waals surface area (Å²) in [7, 11) is 0. The fraction of sp³-hybridized carbons (Fsp3) is 0.904. The normalized spacial score (nSPS) is 20.5. The van der Waals surface area contributed by atoms with E-state index >= 15 is 0 Å². The summed E-state index contributed by atoms with van der Waals surface area (Å²) >= 11 is 0. The third-order valence-electron chi connectivity index (χ3n) is 12.5. The van der Waals surface area contributed by atoms with E-state index in [1.54, 1.807) is 0 Å². The predicted octanol–water partition coefficient (Wildman–Crippen LogP) is 11.8. The second-order valence-corrected chi connectivity index (χ2v) is 18.3. The standard InChI is InChI=1S/C52H99NO8/c1-3-5-7-9-11-13-15-17-19-20-21-22-23-24-25-26-28-30-32-34-36-38-40-42-48(56)53-45(44-60-52-51(59)50(58)49(57)47(43-54)61-52)46(55)41-39-37-35-33-31-29-27-18-16-14-12-10-8-6-4-2/h17,19,31,33,45-47,49-52,54-55,57-59H,3-16,18,20-30,32,34-44H2,1-2H3,(H,53,56)/b19-17+,33-31+/t45-,46+,47-,49-,50?,51?,52-/m0/s1. The Kier molecular flexibility index (Phi) is 40.3. The monoisotopic (exact) mass is 866 g/mol. The van der Waals surface area contributed by atoms with Crippen LogP contribution in [0.3, 0.4) is 0 Å². The molecule has 1 amide bonds. The minimum absolute atomic E-state index is 0.148. The van der Waals surface area contributed by atoms with Crippen molar-refractivity contribution in [1.82, 2.24) is 5.32 Å². The maximum absolute atomic E-state index is 13.0. The maximum Gasteiger partial charge on any atom is 0.220 e. The molecule has 1 saturated heterocycles. The molecule has 0 radical (unpaired) electrons. The summed E-state index contributed by atoms with van der Waals surface area (Å²) < 4.78 is 11.3. The third-order valence-corrected chi connectivity index (χ3v) is 12.5. The molecule has 7 atom stereocenters. The molecule has 1 fully saturated rings. The lowest BCUT2D eigenvalue weighted by atomic mass is 9.99. The molecule has 0 aromatic heterocycles. The number of allylic oxidation sites excluding steroid dienone is 4. The zero-order valence-electron chi connectivity index (χ0n) is 39.7. The van der Waals surface area contributed by atoms with Gasteiger partial charge in [-0.1, -0.05) is 199 Å². The molecule has 0 aliphatic carbocycles. The van der Waals surface area contributed by atoms with Crippen molar-refractivity contribution in [2.24, 2.45) is 0 Å². The minimum atomic E-state index is -1.56. The van der Waals surface area contributed by atoms with E-state index in [1.807, 2.05) is 0 Å². The van der Waals surface area contributed by atoms with Gasteiger partial charge in [0.05, 0.1) is 25.4 Å². The lowest BCUT2D eigenvalue weighted by Crippen LogP contribution is -2.60. The highest BCUT2D eigenvalue weighted by atomic mass is 16.7. The fourth-order valence-electron chi connectivity index (χ4n) is 8.33. The number of ether oxygens (including phenoxy) is 2. The number of amides is 1. The number of aliphatic hydroxyl groups excluding tert-OH is 5. The van der Waals surface area contributed by atoms with Gasteiger partial charge in [-0.05, 0) is 64.2 Å². The number of hydrogen-bond acceptors (Lipinski definition) is 8. The molecular weight excluding hydrogens is 767 g/mol. The molecule has 1 rings (SSSR count). The van der Waals surface area contributed by atoms with Crippen LogP contribution >= 0.6 is 0 Å². The summed E-state index contributed by atoms with van der Waals surface area (Å²) in [6, 6.07) is -0.733. The van der Waals surface area contributed by atoms with Crippen LogP contribution in [0, 0.1) is 0 Å². The van der Waals surface area contributed by atoms with E-state index in [1.165, 1.54) is 173 Å². The van der Waals surface area contributed by atoms with Gasteiger partial charge in [0.1, 0.15) is 24.4 Å². The first kappa shape index (κ1) is 57.7. The van der Waals surface area contributed by atoms with Crippen molar-refractivity contribution in [1.29, 1.82) is 0 Å². The molecule has 0 aromatic rings. The molecule has 0 spiro atoms. The van der Waals surface area contributed by atoms with Crippen LogP contribution < -0.4 is 5.32 Å². The fourth-order valence-corrected chi connectivity index (χ4v) is 8.33. The summed E-state index contributed by atoms with van der Waals surface area (Å²) in [5.74, 6) is -0.152. The van der Waals surface area contributed by atoms with E-state index < -0.39 is 49.5 Å². The Bertz CT molecular complexity index is 1010. The lowest BCUT2D eigenvalue weighted by Gasteiger charge is -2.40. The zero-order valence-corrected chi connectivity index (χ0v) is 39.7. The molecule has 360 valence electrons. The van der Waals surface area contributed by atoms with Gasteiger partial charge in [-0.25, -0.2) is 0 Å². The molecule has 9 nitrogen and oxygen atoms in total. The van der Waals surface area contributed by atoms with Crippen molar-refractivity contribution in [3.05, 3.63) is 24.3 Å². The second kappa shape index (κ2) is 42.6. The van der Waals surface area contributed by atoms with Crippen molar-refractivity contribution in [3.63, 3.8) is 0 Å². The quantitative estimate of drug-likeness (QED) is 0.0262. The summed E-state index contributed by atoms with van der Waals surface area (Å²) in [4.78, 5) is 13.0. The van der Waals surface area contributed by atoms with Gasteiger partial charge in [-0.15, -0.1) is 0 Å². The Morgan fingerprint density at radius 1 is 0.541 bits per heavy atom. The summed E-state index contributed by atoms with van der Waals surface area (Å²) in [6.45, 7) is 3.83. The van der Waals surface area contributed by atoms with E-state index in [0.29, 0.717) is 12.8 Å². The number of nitrogens with one attached hydrogen (secondary N) is 1. The van der Waals surface area contributed by atoms with Gasteiger partial charge in [-0.3, -0.25) is 4.79 Å². The smallest absolute Gasteiger partial charge is 0.220 e. The molecular formula is C52H99NO8. The molecule has 0 saturated carbocycles. The van der Waals surface area contributed by atoms with Crippen LogP contribution in [0.1, 0.15) is 245 Å². The highest BCUT2D eigenvalue weighted by molar-refractivity contribution is 5.76. The Balaban J connectivity index is 2.25. The van der Waals surface area contributed by atoms with Gasteiger partial charge in [-0.2, -0.15) is 0 Å². The molecule has 9 heteroatoms. The Hall–Kier alpha value is -1.33. The summed E-state index contributed by atoms with van der Waals surface area (Å²) in [6.07, 6.45) is 44.8. The van der Waals surface area contributed by atoms with E-state index in [4.69, 9.17) is 9.47 Å². The van der Waals surface area contributed by atoms with Crippen molar-refractivity contribution in [2.45, 2.75) is 288 Å². The largest absolute Gasteiger partial charge is 0.394 e. The van der Waals surface area contributed by atoms with E-state index in [9.17, 15) is 30.3 Å². The Morgan fingerprint density at radius 3 is 1.33 bits per heavy atom. The van der Waals surface area contributed by atoms with E-state index in [2.05, 4.69) is 43.5 Å². The first-order valence-electron chi connectivity index (χ1n) is 26.0. The third kappa shape index (κ3) is 32.9. The SMILES string of the molecule is CCCCCCCC/C=C/CCCCCCCCCCCCCCCC(=O)N[C@@H](CO[C@H]1O[C@@H](CO)[C@H](O)C(O)C1O)[C@H](O)CCCC/C=C/CCCCCCCCCCC. The van der Waals surface area contributed by atoms with Crippen LogP contribution in [0.4, 0.5) is 0 Å². The van der Waals surface area contributed by atoms with Crippen molar-refractivity contribution < 1.29 is 39.8 Å². The second-order valence-electron chi connectivity index (χ2n) is 18.3. The van der Waals surface area contributed by atoms with Gasteiger partial charge in [0.15, 0.2) is 6.29 Å². The zero-order chi connectivity index (χ0) is 44.4. The van der Waals surface area contributed by atoms with Gasteiger partial charge < -0.3 is 40.3 Å². The van der Waals surface area contributed by atoms with Crippen LogP contribution in [-0.4, -0.2) is 87.5 Å². The molecule has 6 N–H and O–H groups in total. The average Bonchev–Trinajstić information content (AvgIpc) is 3.26. The van der Waals surface area contributed by atoms with E-state index in [-0.39, 0.29) is 12.5 Å². The number of hydrogen-bond donors (Lipinski definition) is 6. The molecule has 2 unspecified atom stereocenters. The van der Waals surface area contributed by atoms with E-state index in [0.717, 1.165) is 44.9 Å². The van der Waals surface area contributed by atoms with Crippen LogP contribution in [0.25, 0.3) is 0 Å². The van der Waals surface area contributed by atoms with Gasteiger partial charge in [0.2, 0.25) is 5.91 Å². The maximum atomic E-state index is 13.0. The Morgan fingerprint density at radius 2 is 0.918 bits per heavy atom. The lowest BCUT2D eigenvalue weighted by molar-refractivity contribution is -0.302. The number of rotatable bonds is 44. The van der Waals surface area contributed by atoms with Crippen molar-refractivity contribution >= 4 is 5.91 Å². The average molecular weight is 866 g/mol. The highest BCUT2D eigenvalue weighted by Crippen LogP contribution is 2.23. The minimum Gasteiger partial charge on any atom is -0.394 e. The molecule has 0 aromatic carbocycles. The van der Waals surface area contributed by atoms with Crippen LogP contribution in [-0.2, 0) is 14.3 Å². The molecule has 1 aliphatic heterocycles. The number of unbranched alkanes of at least 4 members (excludes halogenated alkanes) is 30. The number of carbonyl (C=O) groups is 1. The van der Waals surface area contributed by atoms with Crippen molar-refractivity contribution in [3.8, 4) is 0 Å². The topological polar surface area (TPSA) is 149 Å². The molecule has 1 heterocycles. The van der Waals surface area contributed by atoms with Gasteiger partial charge >= 0.3 is 0 Å². The van der Waals surface area contributed by atoms with Crippen molar-refractivity contribution in [2.75, 3.05) is 13.2 Å². The summed E-state index contributed by atoms with van der Waals surface area (Å²) in [5, 5.41) is 54.5. The molecule has 0 bridgehead atoms. The number of carbonyl (C=O) groups excluding carboxylic acids is 1. The van der Waals surface area contributed by atoms with Crippen LogP contribution in [0.15, 0.2) is 24.3 Å². The number of aliphatic hydroxyl groups is 5. The van der Waals surface area contributed by atoms with Gasteiger partial charge in [0, 0.05) is 6.42 Å².